The molecule has 0 unspecified atom stereocenters. The number of amides is 1. The number of benzene rings is 2. The van der Waals surface area contributed by atoms with Crippen molar-refractivity contribution in [2.45, 2.75) is 33.4 Å². The van der Waals surface area contributed by atoms with Crippen LogP contribution in [0.5, 0.6) is 0 Å². The Hall–Kier alpha value is -3.25. The van der Waals surface area contributed by atoms with Crippen LogP contribution in [0.4, 0.5) is 10.1 Å². The van der Waals surface area contributed by atoms with Gasteiger partial charge in [-0.1, -0.05) is 31.2 Å². The highest BCUT2D eigenvalue weighted by Crippen LogP contribution is 2.27. The molecule has 1 aromatic heterocycles. The van der Waals surface area contributed by atoms with Crippen molar-refractivity contribution in [2.75, 3.05) is 11.9 Å². The van der Waals surface area contributed by atoms with Gasteiger partial charge in [0.25, 0.3) is 5.91 Å². The Labute approximate surface area is 176 Å². The van der Waals surface area contributed by atoms with E-state index in [1.807, 2.05) is 12.1 Å². The summed E-state index contributed by atoms with van der Waals surface area (Å²) in [5, 5.41) is 15.8. The quantitative estimate of drug-likeness (QED) is 0.516. The van der Waals surface area contributed by atoms with Gasteiger partial charge in [-0.15, -0.1) is 0 Å². The van der Waals surface area contributed by atoms with Crippen molar-refractivity contribution >= 4 is 11.6 Å². The number of hydrogen-bond acceptors (Lipinski definition) is 4. The molecule has 0 aliphatic rings. The molecule has 0 saturated heterocycles. The number of aliphatic hydroxyl groups excluding tert-OH is 1. The Kier molecular flexibility index (Phi) is 7.14. The van der Waals surface area contributed by atoms with E-state index in [-0.39, 0.29) is 24.9 Å². The fourth-order valence-electron chi connectivity index (χ4n) is 3.14. The van der Waals surface area contributed by atoms with Gasteiger partial charge in [0.05, 0.1) is 17.9 Å². The summed E-state index contributed by atoms with van der Waals surface area (Å²) in [5.41, 5.74) is 4.52. The van der Waals surface area contributed by atoms with Gasteiger partial charge < -0.3 is 15.7 Å². The Morgan fingerprint density at radius 1 is 1.17 bits per heavy atom. The highest BCUT2D eigenvalue weighted by Gasteiger charge is 2.15. The number of aromatic nitrogens is 1. The number of nitrogens with one attached hydrogen (secondary N) is 2. The molecule has 2 aromatic carbocycles. The van der Waals surface area contributed by atoms with Crippen molar-refractivity contribution in [2.24, 2.45) is 0 Å². The summed E-state index contributed by atoms with van der Waals surface area (Å²) >= 11 is 0. The molecule has 0 bridgehead atoms. The molecule has 5 nitrogen and oxygen atoms in total. The van der Waals surface area contributed by atoms with Gasteiger partial charge in [-0.3, -0.25) is 9.78 Å². The molecule has 1 heterocycles. The van der Waals surface area contributed by atoms with Crippen LogP contribution in [0.2, 0.25) is 0 Å². The molecule has 1 amide bonds. The molecular formula is C24H26FN3O2. The molecule has 0 radical (unpaired) electrons. The number of pyridine rings is 1. The molecule has 156 valence electrons. The molecule has 30 heavy (non-hydrogen) atoms. The summed E-state index contributed by atoms with van der Waals surface area (Å²) in [6.07, 6.45) is 2.57. The second kappa shape index (κ2) is 9.98. The van der Waals surface area contributed by atoms with Crippen molar-refractivity contribution in [3.8, 4) is 11.3 Å². The Morgan fingerprint density at radius 2 is 2.00 bits per heavy atom. The summed E-state index contributed by atoms with van der Waals surface area (Å²) in [6.45, 7) is 4.56. The number of aliphatic hydroxyl groups is 1. The zero-order chi connectivity index (χ0) is 21.5. The van der Waals surface area contributed by atoms with E-state index in [2.05, 4.69) is 22.5 Å². The third-order valence-corrected chi connectivity index (χ3v) is 4.85. The first-order chi connectivity index (χ1) is 14.5. The normalized spacial score (nSPS) is 10.7. The van der Waals surface area contributed by atoms with Crippen molar-refractivity contribution in [3.63, 3.8) is 0 Å². The second-order valence-corrected chi connectivity index (χ2v) is 7.12. The maximum atomic E-state index is 13.8. The number of nitrogens with zero attached hydrogens (tertiary/aromatic N) is 1. The van der Waals surface area contributed by atoms with Crippen LogP contribution in [-0.2, 0) is 13.2 Å². The van der Waals surface area contributed by atoms with Crippen LogP contribution in [0.1, 0.15) is 40.4 Å². The molecule has 6 heteroatoms. The van der Waals surface area contributed by atoms with Crippen molar-refractivity contribution < 1.29 is 14.3 Å². The van der Waals surface area contributed by atoms with Crippen LogP contribution in [0.25, 0.3) is 11.3 Å². The van der Waals surface area contributed by atoms with E-state index in [1.165, 1.54) is 6.07 Å². The Morgan fingerprint density at radius 3 is 2.73 bits per heavy atom. The smallest absolute Gasteiger partial charge is 0.253 e. The summed E-state index contributed by atoms with van der Waals surface area (Å²) in [5.74, 6) is -0.557. The van der Waals surface area contributed by atoms with Gasteiger partial charge in [0.1, 0.15) is 5.82 Å². The van der Waals surface area contributed by atoms with Crippen LogP contribution in [0.3, 0.4) is 0 Å². The number of hydrogen-bond donors (Lipinski definition) is 3. The predicted molar refractivity (Wildman–Crippen MR) is 117 cm³/mol. The van der Waals surface area contributed by atoms with Crippen LogP contribution < -0.4 is 10.6 Å². The number of carbonyl (C=O) groups excluding carboxylic acids is 1. The molecule has 3 rings (SSSR count). The molecule has 0 aliphatic heterocycles. The fraction of sp³-hybridized carbons (Fsp3) is 0.250. The molecule has 0 fully saturated rings. The second-order valence-electron chi connectivity index (χ2n) is 7.12. The minimum atomic E-state index is -0.291. The van der Waals surface area contributed by atoms with Crippen LogP contribution >= 0.6 is 0 Å². The largest absolute Gasteiger partial charge is 0.392 e. The highest BCUT2D eigenvalue weighted by atomic mass is 19.1. The van der Waals surface area contributed by atoms with E-state index >= 15 is 0 Å². The van der Waals surface area contributed by atoms with Gasteiger partial charge in [-0.2, -0.15) is 0 Å². The van der Waals surface area contributed by atoms with Gasteiger partial charge in [0, 0.05) is 36.1 Å². The van der Waals surface area contributed by atoms with Gasteiger partial charge in [0.15, 0.2) is 0 Å². The Balaban J connectivity index is 1.89. The average molecular weight is 407 g/mol. The minimum absolute atomic E-state index is 0.139. The summed E-state index contributed by atoms with van der Waals surface area (Å²) in [7, 11) is 0. The molecule has 3 N–H and O–H groups in total. The van der Waals surface area contributed by atoms with Gasteiger partial charge in [-0.05, 0) is 48.7 Å². The van der Waals surface area contributed by atoms with Crippen LogP contribution in [0, 0.1) is 12.7 Å². The first-order valence-electron chi connectivity index (χ1n) is 9.99. The van der Waals surface area contributed by atoms with Crippen molar-refractivity contribution in [1.82, 2.24) is 10.3 Å². The number of aryl methyl sites for hydroxylation is 1. The molecule has 0 saturated carbocycles. The summed E-state index contributed by atoms with van der Waals surface area (Å²) in [4.78, 5) is 17.3. The summed E-state index contributed by atoms with van der Waals surface area (Å²) < 4.78 is 13.8. The van der Waals surface area contributed by atoms with Crippen molar-refractivity contribution in [1.29, 1.82) is 0 Å². The fourth-order valence-corrected chi connectivity index (χ4v) is 3.14. The molecule has 0 spiro atoms. The Bertz CT molecular complexity index is 1040. The third-order valence-electron chi connectivity index (χ3n) is 4.85. The topological polar surface area (TPSA) is 74.2 Å². The van der Waals surface area contributed by atoms with Crippen LogP contribution in [0.15, 0.2) is 54.7 Å². The van der Waals surface area contributed by atoms with Gasteiger partial charge in [-0.25, -0.2) is 4.39 Å². The lowest BCUT2D eigenvalue weighted by Gasteiger charge is -2.15. The molecule has 0 atom stereocenters. The lowest BCUT2D eigenvalue weighted by atomic mass is 10.0. The number of carbonyl (C=O) groups is 1. The number of anilines is 1. The maximum absolute atomic E-state index is 13.8. The van der Waals surface area contributed by atoms with E-state index in [1.54, 1.807) is 43.5 Å². The third kappa shape index (κ3) is 5.02. The first kappa shape index (κ1) is 21.5. The van der Waals surface area contributed by atoms with E-state index in [4.69, 9.17) is 0 Å². The van der Waals surface area contributed by atoms with E-state index in [0.717, 1.165) is 24.2 Å². The molecule has 0 aliphatic carbocycles. The maximum Gasteiger partial charge on any atom is 0.253 e. The monoisotopic (exact) mass is 407 g/mol. The molecular weight excluding hydrogens is 381 g/mol. The zero-order valence-corrected chi connectivity index (χ0v) is 17.2. The van der Waals surface area contributed by atoms with E-state index in [0.29, 0.717) is 27.9 Å². The molecule has 3 aromatic rings. The van der Waals surface area contributed by atoms with Gasteiger partial charge in [0.2, 0.25) is 0 Å². The highest BCUT2D eigenvalue weighted by molar-refractivity contribution is 6.00. The number of rotatable bonds is 8. The van der Waals surface area contributed by atoms with E-state index in [9.17, 15) is 14.3 Å². The van der Waals surface area contributed by atoms with Crippen molar-refractivity contribution in [3.05, 3.63) is 82.8 Å². The zero-order valence-electron chi connectivity index (χ0n) is 17.2. The predicted octanol–water partition coefficient (Wildman–Crippen LogP) is 4.44. The lowest BCUT2D eigenvalue weighted by molar-refractivity contribution is 0.0951. The van der Waals surface area contributed by atoms with Gasteiger partial charge >= 0.3 is 0 Å². The minimum Gasteiger partial charge on any atom is -0.392 e. The first-order valence-corrected chi connectivity index (χ1v) is 9.99. The van der Waals surface area contributed by atoms with E-state index < -0.39 is 0 Å². The number of halogens is 1. The van der Waals surface area contributed by atoms with Crippen LogP contribution in [-0.4, -0.2) is 22.5 Å². The SMILES string of the molecule is CCCNc1ccc(-c2ncccc2CO)cc1C(=O)NCc1ccc(C)c(F)c1. The standard InChI is InChI=1S/C24H26FN3O2/c1-3-10-26-22-9-8-18(23-19(15-29)5-4-11-27-23)13-20(22)24(30)28-14-17-7-6-16(2)21(25)12-17/h4-9,11-13,26,29H,3,10,14-15H2,1-2H3,(H,28,30). The lowest BCUT2D eigenvalue weighted by Crippen LogP contribution is -2.24. The summed E-state index contributed by atoms with van der Waals surface area (Å²) in [6, 6.07) is 14.0. The average Bonchev–Trinajstić information content (AvgIpc) is 2.78.